The molecule has 0 spiro atoms. The van der Waals surface area contributed by atoms with Gasteiger partial charge in [-0.1, -0.05) is 23.7 Å². The van der Waals surface area contributed by atoms with Crippen molar-refractivity contribution >= 4 is 17.7 Å². The van der Waals surface area contributed by atoms with Crippen molar-refractivity contribution in [1.82, 2.24) is 19.7 Å². The van der Waals surface area contributed by atoms with Crippen LogP contribution in [0.2, 0.25) is 5.02 Å². The van der Waals surface area contributed by atoms with Crippen molar-refractivity contribution < 1.29 is 14.3 Å². The number of nitrogens with zero attached hydrogens (tertiary/aromatic N) is 4. The van der Waals surface area contributed by atoms with E-state index in [1.807, 2.05) is 51.1 Å². The monoisotopic (exact) mass is 508 g/mol. The first-order chi connectivity index (χ1) is 17.2. The lowest BCUT2D eigenvalue weighted by Crippen LogP contribution is -2.35. The predicted molar refractivity (Wildman–Crippen MR) is 139 cm³/mol. The van der Waals surface area contributed by atoms with Crippen molar-refractivity contribution in [3.63, 3.8) is 0 Å². The molecule has 7 nitrogen and oxygen atoms in total. The fourth-order valence-corrected chi connectivity index (χ4v) is 5.26. The molecule has 0 radical (unpaired) electrons. The van der Waals surface area contributed by atoms with E-state index in [0.717, 1.165) is 54.3 Å². The van der Waals surface area contributed by atoms with Crippen LogP contribution in [0.15, 0.2) is 42.5 Å². The lowest BCUT2D eigenvalue weighted by atomic mass is 9.86. The second kappa shape index (κ2) is 9.77. The molecule has 36 heavy (non-hydrogen) atoms. The van der Waals surface area contributed by atoms with Crippen LogP contribution in [0.5, 0.6) is 5.75 Å². The molecule has 2 heterocycles. The molecule has 1 aromatic heterocycles. The lowest BCUT2D eigenvalue weighted by Gasteiger charge is -2.29. The van der Waals surface area contributed by atoms with Gasteiger partial charge in [-0.3, -0.25) is 9.47 Å². The fraction of sp³-hybridized carbons (Fsp3) is 0.464. The fourth-order valence-electron chi connectivity index (χ4n) is 5.07. The molecule has 2 aliphatic rings. The van der Waals surface area contributed by atoms with Crippen LogP contribution in [0.4, 0.5) is 4.79 Å². The number of aryl methyl sites for hydroxylation is 1. The second-order valence-corrected chi connectivity index (χ2v) is 11.3. The number of hydrogen-bond acceptors (Lipinski definition) is 5. The minimum absolute atomic E-state index is 0.198. The van der Waals surface area contributed by atoms with Gasteiger partial charge in [0.25, 0.3) is 0 Å². The zero-order valence-electron chi connectivity index (χ0n) is 21.3. The zero-order valence-corrected chi connectivity index (χ0v) is 22.1. The molecule has 1 aliphatic heterocycles. The van der Waals surface area contributed by atoms with E-state index in [0.29, 0.717) is 18.1 Å². The molecule has 0 atom stereocenters. The minimum Gasteiger partial charge on any atom is -0.490 e. The molecule has 8 heteroatoms. The number of ether oxygens (including phenoxy) is 2. The number of halogens is 1. The van der Waals surface area contributed by atoms with Crippen molar-refractivity contribution in [3.8, 4) is 11.4 Å². The first-order valence-electron chi connectivity index (χ1n) is 12.6. The van der Waals surface area contributed by atoms with Crippen molar-refractivity contribution in [2.45, 2.75) is 84.1 Å². The van der Waals surface area contributed by atoms with Crippen LogP contribution >= 0.6 is 11.6 Å². The summed E-state index contributed by atoms with van der Waals surface area (Å²) < 4.78 is 14.1. The van der Waals surface area contributed by atoms with E-state index in [2.05, 4.69) is 33.8 Å². The molecule has 1 aliphatic carbocycles. The maximum atomic E-state index is 13.0. The topological polar surface area (TPSA) is 69.5 Å². The van der Waals surface area contributed by atoms with Crippen LogP contribution in [-0.4, -0.2) is 37.5 Å². The summed E-state index contributed by atoms with van der Waals surface area (Å²) in [6.07, 6.45) is 3.67. The van der Waals surface area contributed by atoms with Gasteiger partial charge in [0.1, 0.15) is 17.2 Å². The van der Waals surface area contributed by atoms with Crippen LogP contribution in [0.3, 0.4) is 0 Å². The number of benzene rings is 2. The van der Waals surface area contributed by atoms with Crippen LogP contribution in [0.25, 0.3) is 5.69 Å². The molecule has 1 fully saturated rings. The Morgan fingerprint density at radius 1 is 1.03 bits per heavy atom. The Bertz CT molecular complexity index is 1260. The van der Waals surface area contributed by atoms with E-state index in [1.165, 1.54) is 5.56 Å². The van der Waals surface area contributed by atoms with Gasteiger partial charge >= 0.3 is 6.09 Å². The van der Waals surface area contributed by atoms with Crippen molar-refractivity contribution in [3.05, 3.63) is 70.3 Å². The number of aromatic nitrogens is 3. The Morgan fingerprint density at radius 3 is 2.53 bits per heavy atom. The summed E-state index contributed by atoms with van der Waals surface area (Å²) in [5, 5.41) is 9.80. The third kappa shape index (κ3) is 5.36. The summed E-state index contributed by atoms with van der Waals surface area (Å²) >= 11 is 6.36. The molecule has 0 N–H and O–H groups in total. The number of amides is 1. The molecule has 190 valence electrons. The van der Waals surface area contributed by atoms with Gasteiger partial charge in [0.05, 0.1) is 24.9 Å². The van der Waals surface area contributed by atoms with E-state index in [4.69, 9.17) is 21.1 Å². The molecule has 0 unspecified atom stereocenters. The summed E-state index contributed by atoms with van der Waals surface area (Å²) in [6, 6.07) is 14.0. The summed E-state index contributed by atoms with van der Waals surface area (Å²) in [5.74, 6) is 2.87. The van der Waals surface area contributed by atoms with Crippen molar-refractivity contribution in [2.75, 3.05) is 0 Å². The normalized spacial score (nSPS) is 19.8. The Morgan fingerprint density at radius 2 is 1.81 bits per heavy atom. The van der Waals surface area contributed by atoms with Crippen LogP contribution in [0, 0.1) is 6.92 Å². The molecule has 0 bridgehead atoms. The van der Waals surface area contributed by atoms with Crippen molar-refractivity contribution in [1.29, 1.82) is 0 Å². The molecule has 0 saturated heterocycles. The second-order valence-electron chi connectivity index (χ2n) is 10.8. The third-order valence-corrected chi connectivity index (χ3v) is 6.95. The average Bonchev–Trinajstić information content (AvgIpc) is 3.14. The Balaban J connectivity index is 1.38. The Hall–Kier alpha value is -3.06. The van der Waals surface area contributed by atoms with Gasteiger partial charge in [0, 0.05) is 10.9 Å². The first kappa shape index (κ1) is 24.6. The van der Waals surface area contributed by atoms with Gasteiger partial charge in [-0.2, -0.15) is 0 Å². The van der Waals surface area contributed by atoms with Crippen LogP contribution < -0.4 is 4.74 Å². The maximum absolute atomic E-state index is 13.0. The quantitative estimate of drug-likeness (QED) is 0.399. The lowest BCUT2D eigenvalue weighted by molar-refractivity contribution is 0.0214. The van der Waals surface area contributed by atoms with Crippen molar-refractivity contribution in [2.24, 2.45) is 0 Å². The van der Waals surface area contributed by atoms with Crippen LogP contribution in [-0.2, 0) is 17.8 Å². The summed E-state index contributed by atoms with van der Waals surface area (Å²) in [7, 11) is 0. The molecule has 1 saturated carbocycles. The predicted octanol–water partition coefficient (Wildman–Crippen LogP) is 6.59. The Labute approximate surface area is 217 Å². The highest BCUT2D eigenvalue weighted by atomic mass is 35.5. The average molecular weight is 509 g/mol. The van der Waals surface area contributed by atoms with Gasteiger partial charge in [-0.25, -0.2) is 4.79 Å². The SMILES string of the molecule is Cc1cccc(OC2CCC(c3nnc4n3-c3ccc(Cl)cc3CN(C(=O)OC(C)(C)C)C4)CC2)c1. The number of rotatable bonds is 3. The molecule has 2 aromatic carbocycles. The van der Waals surface area contributed by atoms with E-state index < -0.39 is 5.60 Å². The molecule has 3 aromatic rings. The van der Waals surface area contributed by atoms with Gasteiger partial charge in [0.2, 0.25) is 0 Å². The van der Waals surface area contributed by atoms with E-state index in [-0.39, 0.29) is 18.1 Å². The Kier molecular flexibility index (Phi) is 6.68. The first-order valence-corrected chi connectivity index (χ1v) is 13.0. The summed E-state index contributed by atoms with van der Waals surface area (Å²) in [4.78, 5) is 14.7. The molecular formula is C28H33ClN4O3. The largest absolute Gasteiger partial charge is 0.490 e. The molecule has 1 amide bonds. The van der Waals surface area contributed by atoms with E-state index in [9.17, 15) is 4.79 Å². The minimum atomic E-state index is -0.585. The van der Waals surface area contributed by atoms with Gasteiger partial charge in [-0.05, 0) is 94.8 Å². The van der Waals surface area contributed by atoms with E-state index in [1.54, 1.807) is 4.90 Å². The van der Waals surface area contributed by atoms with Crippen LogP contribution in [0.1, 0.15) is 75.1 Å². The molecule has 5 rings (SSSR count). The van der Waals surface area contributed by atoms with Gasteiger partial charge in [-0.15, -0.1) is 10.2 Å². The number of hydrogen-bond donors (Lipinski definition) is 0. The highest BCUT2D eigenvalue weighted by molar-refractivity contribution is 6.30. The maximum Gasteiger partial charge on any atom is 0.411 e. The third-order valence-electron chi connectivity index (χ3n) is 6.71. The standard InChI is InChI=1S/C28H33ClN4O3/c1-18-6-5-7-23(14-18)35-22-11-8-19(9-12-22)26-31-30-25-17-32(27(34)36-28(2,3)4)16-20-15-21(29)10-13-24(20)33(25)26/h5-7,10,13-15,19,22H,8-9,11-12,16-17H2,1-4H3. The highest BCUT2D eigenvalue weighted by Gasteiger charge is 2.33. The summed E-state index contributed by atoms with van der Waals surface area (Å²) in [5.41, 5.74) is 2.54. The number of fused-ring (bicyclic) bond motifs is 3. The van der Waals surface area contributed by atoms with E-state index >= 15 is 0 Å². The highest BCUT2D eigenvalue weighted by Crippen LogP contribution is 2.37. The number of carbonyl (C=O) groups is 1. The zero-order chi connectivity index (χ0) is 25.4. The smallest absolute Gasteiger partial charge is 0.411 e. The number of carbonyl (C=O) groups excluding carboxylic acids is 1. The van der Waals surface area contributed by atoms with Gasteiger partial charge < -0.3 is 9.47 Å². The molecular weight excluding hydrogens is 476 g/mol. The summed E-state index contributed by atoms with van der Waals surface area (Å²) in [6.45, 7) is 8.40. The van der Waals surface area contributed by atoms with Gasteiger partial charge in [0.15, 0.2) is 5.82 Å².